The Hall–Kier alpha value is -3.24. The van der Waals surface area contributed by atoms with Gasteiger partial charge in [-0.15, -0.1) is 15.3 Å². The van der Waals surface area contributed by atoms with Gasteiger partial charge < -0.3 is 10.2 Å². The maximum Gasteiger partial charge on any atom is 0.453 e. The van der Waals surface area contributed by atoms with Gasteiger partial charge in [-0.25, -0.2) is 0 Å². The lowest BCUT2D eigenvalue weighted by Gasteiger charge is -2.32. The molecule has 4 heterocycles. The van der Waals surface area contributed by atoms with Gasteiger partial charge in [0, 0.05) is 25.2 Å². The SMILES string of the molecule is CC(NC(=O)C1CCN(c2ccc3nnc(C(F)(F)F)n3n2)CC1)c1ccccn1. The summed E-state index contributed by atoms with van der Waals surface area (Å²) >= 11 is 0. The molecule has 3 aromatic heterocycles. The van der Waals surface area contributed by atoms with Gasteiger partial charge in [0.05, 0.1) is 11.7 Å². The Morgan fingerprint density at radius 1 is 1.17 bits per heavy atom. The van der Waals surface area contributed by atoms with E-state index in [1.54, 1.807) is 12.3 Å². The van der Waals surface area contributed by atoms with E-state index in [1.807, 2.05) is 30.0 Å². The summed E-state index contributed by atoms with van der Waals surface area (Å²) in [5, 5.41) is 13.8. The maximum atomic E-state index is 13.1. The van der Waals surface area contributed by atoms with Crippen LogP contribution in [0.15, 0.2) is 36.5 Å². The van der Waals surface area contributed by atoms with Gasteiger partial charge in [-0.05, 0) is 44.0 Å². The molecule has 30 heavy (non-hydrogen) atoms. The van der Waals surface area contributed by atoms with Crippen LogP contribution in [0, 0.1) is 5.92 Å². The molecule has 1 atom stereocenters. The average molecular weight is 419 g/mol. The number of alkyl halides is 3. The van der Waals surface area contributed by atoms with Crippen molar-refractivity contribution >= 4 is 17.4 Å². The van der Waals surface area contributed by atoms with E-state index in [-0.39, 0.29) is 23.5 Å². The first-order chi connectivity index (χ1) is 14.3. The highest BCUT2D eigenvalue weighted by atomic mass is 19.4. The number of carbonyl (C=O) groups is 1. The molecule has 1 aliphatic heterocycles. The zero-order valence-electron chi connectivity index (χ0n) is 16.2. The van der Waals surface area contributed by atoms with E-state index >= 15 is 0 Å². The van der Waals surface area contributed by atoms with Gasteiger partial charge in [-0.3, -0.25) is 9.78 Å². The van der Waals surface area contributed by atoms with Crippen LogP contribution >= 0.6 is 0 Å². The van der Waals surface area contributed by atoms with E-state index in [2.05, 4.69) is 25.6 Å². The van der Waals surface area contributed by atoms with Crippen molar-refractivity contribution in [3.05, 3.63) is 48.0 Å². The number of nitrogens with zero attached hydrogens (tertiary/aromatic N) is 6. The zero-order chi connectivity index (χ0) is 21.3. The molecular formula is C19H20F3N7O. The molecule has 0 aromatic carbocycles. The lowest BCUT2D eigenvalue weighted by molar-refractivity contribution is -0.146. The first-order valence-corrected chi connectivity index (χ1v) is 9.59. The summed E-state index contributed by atoms with van der Waals surface area (Å²) in [5.74, 6) is -0.975. The largest absolute Gasteiger partial charge is 0.453 e. The zero-order valence-corrected chi connectivity index (χ0v) is 16.2. The quantitative estimate of drug-likeness (QED) is 0.700. The minimum absolute atomic E-state index is 0.0313. The molecule has 1 unspecified atom stereocenters. The van der Waals surface area contributed by atoms with E-state index in [1.165, 1.54) is 6.07 Å². The highest BCUT2D eigenvalue weighted by Crippen LogP contribution is 2.28. The Balaban J connectivity index is 1.40. The van der Waals surface area contributed by atoms with E-state index in [4.69, 9.17) is 0 Å². The molecule has 1 N–H and O–H groups in total. The number of piperidine rings is 1. The predicted octanol–water partition coefficient (Wildman–Crippen LogP) is 2.63. The molecule has 0 bridgehead atoms. The fraction of sp³-hybridized carbons (Fsp3) is 0.421. The summed E-state index contributed by atoms with van der Waals surface area (Å²) in [7, 11) is 0. The summed E-state index contributed by atoms with van der Waals surface area (Å²) in [4.78, 5) is 18.7. The summed E-state index contributed by atoms with van der Waals surface area (Å²) < 4.78 is 39.9. The maximum absolute atomic E-state index is 13.1. The Morgan fingerprint density at radius 3 is 2.60 bits per heavy atom. The molecule has 1 aliphatic rings. The molecule has 0 saturated carbocycles. The van der Waals surface area contributed by atoms with Crippen molar-refractivity contribution in [1.82, 2.24) is 30.1 Å². The molecule has 0 spiro atoms. The van der Waals surface area contributed by atoms with Gasteiger partial charge in [-0.2, -0.15) is 17.7 Å². The third-order valence-electron chi connectivity index (χ3n) is 5.18. The Kier molecular flexibility index (Phi) is 5.27. The van der Waals surface area contributed by atoms with Crippen LogP contribution in [0.4, 0.5) is 19.0 Å². The molecule has 4 rings (SSSR count). The van der Waals surface area contributed by atoms with Crippen LogP contribution in [0.5, 0.6) is 0 Å². The molecule has 1 fully saturated rings. The standard InChI is InChI=1S/C19H20F3N7O/c1-12(14-4-2-3-9-23-14)24-17(30)13-7-10-28(11-8-13)16-6-5-15-25-26-18(19(20,21)22)29(15)27-16/h2-6,9,12-13H,7-8,10-11H2,1H3,(H,24,30). The monoisotopic (exact) mass is 419 g/mol. The summed E-state index contributed by atoms with van der Waals surface area (Å²) in [6, 6.07) is 8.42. The van der Waals surface area contributed by atoms with Crippen LogP contribution in [-0.2, 0) is 11.0 Å². The Bertz CT molecular complexity index is 1030. The molecule has 3 aromatic rings. The number of fused-ring (bicyclic) bond motifs is 1. The van der Waals surface area contributed by atoms with E-state index < -0.39 is 12.0 Å². The van der Waals surface area contributed by atoms with Crippen molar-refractivity contribution in [2.24, 2.45) is 5.92 Å². The van der Waals surface area contributed by atoms with Crippen LogP contribution in [0.3, 0.4) is 0 Å². The summed E-state index contributed by atoms with van der Waals surface area (Å²) in [6.45, 7) is 2.90. The lowest BCUT2D eigenvalue weighted by Crippen LogP contribution is -2.41. The number of anilines is 1. The molecular weight excluding hydrogens is 399 g/mol. The second-order valence-electron chi connectivity index (χ2n) is 7.23. The van der Waals surface area contributed by atoms with Gasteiger partial charge in [-0.1, -0.05) is 6.07 Å². The Labute approximate surface area is 170 Å². The van der Waals surface area contributed by atoms with Crippen molar-refractivity contribution in [2.45, 2.75) is 32.0 Å². The van der Waals surface area contributed by atoms with Gasteiger partial charge in [0.25, 0.3) is 5.82 Å². The number of halogens is 3. The van der Waals surface area contributed by atoms with Crippen LogP contribution in [0.25, 0.3) is 5.65 Å². The van der Waals surface area contributed by atoms with Crippen molar-refractivity contribution in [3.63, 3.8) is 0 Å². The fourth-order valence-electron chi connectivity index (χ4n) is 3.53. The van der Waals surface area contributed by atoms with Crippen LogP contribution < -0.4 is 10.2 Å². The minimum Gasteiger partial charge on any atom is -0.355 e. The normalized spacial score (nSPS) is 16.6. The van der Waals surface area contributed by atoms with Gasteiger partial charge >= 0.3 is 6.18 Å². The van der Waals surface area contributed by atoms with Crippen LogP contribution in [-0.4, -0.2) is 43.8 Å². The smallest absolute Gasteiger partial charge is 0.355 e. The molecule has 8 nitrogen and oxygen atoms in total. The van der Waals surface area contributed by atoms with E-state index in [9.17, 15) is 18.0 Å². The average Bonchev–Trinajstić information content (AvgIpc) is 3.18. The number of hydrogen-bond donors (Lipinski definition) is 1. The van der Waals surface area contributed by atoms with Crippen LogP contribution in [0.1, 0.15) is 37.3 Å². The molecule has 1 saturated heterocycles. The lowest BCUT2D eigenvalue weighted by atomic mass is 9.95. The second-order valence-corrected chi connectivity index (χ2v) is 7.23. The predicted molar refractivity (Wildman–Crippen MR) is 102 cm³/mol. The number of nitrogens with one attached hydrogen (secondary N) is 1. The van der Waals surface area contributed by atoms with E-state index in [0.29, 0.717) is 36.3 Å². The molecule has 11 heteroatoms. The highest BCUT2D eigenvalue weighted by molar-refractivity contribution is 5.79. The summed E-state index contributed by atoms with van der Waals surface area (Å²) in [5.41, 5.74) is 0.819. The van der Waals surface area contributed by atoms with E-state index in [0.717, 1.165) is 5.69 Å². The van der Waals surface area contributed by atoms with Gasteiger partial charge in [0.1, 0.15) is 5.82 Å². The number of hydrogen-bond acceptors (Lipinski definition) is 6. The molecule has 1 amide bonds. The van der Waals surface area contributed by atoms with Crippen LogP contribution in [0.2, 0.25) is 0 Å². The third kappa shape index (κ3) is 4.05. The number of pyridine rings is 1. The summed E-state index contributed by atoms with van der Waals surface area (Å²) in [6.07, 6.45) is -1.80. The van der Waals surface area contributed by atoms with Crippen molar-refractivity contribution in [2.75, 3.05) is 18.0 Å². The minimum atomic E-state index is -4.64. The topological polar surface area (TPSA) is 88.3 Å². The number of aromatic nitrogens is 5. The molecule has 158 valence electrons. The second kappa shape index (κ2) is 7.88. The van der Waals surface area contributed by atoms with Gasteiger partial charge in [0.15, 0.2) is 5.65 Å². The van der Waals surface area contributed by atoms with Crippen molar-refractivity contribution in [1.29, 1.82) is 0 Å². The molecule has 0 aliphatic carbocycles. The third-order valence-corrected chi connectivity index (χ3v) is 5.18. The van der Waals surface area contributed by atoms with Crippen molar-refractivity contribution in [3.8, 4) is 0 Å². The first-order valence-electron chi connectivity index (χ1n) is 9.59. The highest BCUT2D eigenvalue weighted by Gasteiger charge is 2.38. The number of rotatable bonds is 4. The first kappa shape index (κ1) is 20.0. The Morgan fingerprint density at radius 2 is 1.93 bits per heavy atom. The fourth-order valence-corrected chi connectivity index (χ4v) is 3.53. The van der Waals surface area contributed by atoms with Gasteiger partial charge in [0.2, 0.25) is 5.91 Å². The number of carbonyl (C=O) groups excluding carboxylic acids is 1. The number of amides is 1. The van der Waals surface area contributed by atoms with Crippen molar-refractivity contribution < 1.29 is 18.0 Å². The molecule has 0 radical (unpaired) electrons.